The number of ether oxygens (including phenoxy) is 3. The van der Waals surface area contributed by atoms with Gasteiger partial charge in [-0.2, -0.15) is 11.8 Å². The molecule has 1 aliphatic rings. The average Bonchev–Trinajstić information content (AvgIpc) is 3.00. The second-order valence-electron chi connectivity index (χ2n) is 9.68. The van der Waals surface area contributed by atoms with Crippen LogP contribution < -0.4 is 5.32 Å². The summed E-state index contributed by atoms with van der Waals surface area (Å²) in [5.41, 5.74) is 5.86. The van der Waals surface area contributed by atoms with Crippen molar-refractivity contribution < 1.29 is 29.2 Å². The van der Waals surface area contributed by atoms with Crippen molar-refractivity contribution in [2.75, 3.05) is 24.7 Å². The van der Waals surface area contributed by atoms with E-state index in [4.69, 9.17) is 14.2 Å². The molecule has 0 radical (unpaired) electrons. The van der Waals surface area contributed by atoms with Crippen LogP contribution in [-0.4, -0.2) is 47.1 Å². The zero-order valence-corrected chi connectivity index (χ0v) is 23.5. The molecule has 0 spiro atoms. The van der Waals surface area contributed by atoms with E-state index in [0.717, 1.165) is 39.1 Å². The van der Waals surface area contributed by atoms with Crippen molar-refractivity contribution in [3.05, 3.63) is 108 Å². The summed E-state index contributed by atoms with van der Waals surface area (Å²) >= 11 is 1.67. The maximum Gasteiger partial charge on any atom is 0.407 e. The minimum Gasteiger partial charge on any atom is -0.445 e. The Morgan fingerprint density at radius 2 is 1.75 bits per heavy atom. The summed E-state index contributed by atoms with van der Waals surface area (Å²) in [6.07, 6.45) is 0.282. The van der Waals surface area contributed by atoms with Crippen molar-refractivity contribution in [1.82, 2.24) is 5.32 Å². The van der Waals surface area contributed by atoms with Crippen LogP contribution >= 0.6 is 11.8 Å². The molecule has 1 aliphatic heterocycles. The van der Waals surface area contributed by atoms with Gasteiger partial charge in [-0.1, -0.05) is 86.3 Å². The molecule has 0 saturated carbocycles. The predicted octanol–water partition coefficient (Wildman–Crippen LogP) is 5.78. The van der Waals surface area contributed by atoms with Crippen LogP contribution in [0.5, 0.6) is 0 Å². The summed E-state index contributed by atoms with van der Waals surface area (Å²) in [5, 5.41) is 21.4. The smallest absolute Gasteiger partial charge is 0.407 e. The van der Waals surface area contributed by atoms with Crippen molar-refractivity contribution >= 4 is 17.9 Å². The standard InChI is InChI=1S/C32H37NO6S/c1-3-16-37-32(36)33-19-24-5-4-6-28(18-24)25-11-13-27(14-12-25)31-38-29(21-40-17-15-34)22(2)30(39-31)26-9-7-23(20-35)8-10-26/h3-14,18,22,29-31,34-35H,1,15-17,19-21H2,2H3,(H,33,36). The van der Waals surface area contributed by atoms with Crippen molar-refractivity contribution in [1.29, 1.82) is 0 Å². The number of thioether (sulfide) groups is 1. The first-order valence-electron chi connectivity index (χ1n) is 13.4. The van der Waals surface area contributed by atoms with E-state index in [1.807, 2.05) is 72.8 Å². The molecule has 1 heterocycles. The van der Waals surface area contributed by atoms with Gasteiger partial charge in [-0.25, -0.2) is 4.79 Å². The lowest BCUT2D eigenvalue weighted by atomic mass is 9.91. The van der Waals surface area contributed by atoms with Gasteiger partial charge in [0.1, 0.15) is 6.61 Å². The largest absolute Gasteiger partial charge is 0.445 e. The molecule has 212 valence electrons. The summed E-state index contributed by atoms with van der Waals surface area (Å²) < 4.78 is 18.0. The SMILES string of the molecule is C=CCOC(=O)NCc1cccc(-c2ccc(C3OC(CSCCO)C(C)C(c4ccc(CO)cc4)O3)cc2)c1. The van der Waals surface area contributed by atoms with Gasteiger partial charge in [0.15, 0.2) is 6.29 Å². The zero-order valence-electron chi connectivity index (χ0n) is 22.7. The lowest BCUT2D eigenvalue weighted by molar-refractivity contribution is -0.268. The van der Waals surface area contributed by atoms with Gasteiger partial charge in [0, 0.05) is 29.5 Å². The van der Waals surface area contributed by atoms with E-state index < -0.39 is 12.4 Å². The third-order valence-electron chi connectivity index (χ3n) is 6.85. The van der Waals surface area contributed by atoms with E-state index in [2.05, 4.69) is 18.8 Å². The normalized spacial score (nSPS) is 20.6. The number of amides is 1. The van der Waals surface area contributed by atoms with E-state index in [9.17, 15) is 15.0 Å². The maximum atomic E-state index is 11.8. The molecule has 1 saturated heterocycles. The molecule has 7 nitrogen and oxygen atoms in total. The van der Waals surface area contributed by atoms with Crippen molar-refractivity contribution in [3.8, 4) is 11.1 Å². The third-order valence-corrected chi connectivity index (χ3v) is 7.89. The van der Waals surface area contributed by atoms with E-state index in [1.165, 1.54) is 6.08 Å². The van der Waals surface area contributed by atoms with Crippen LogP contribution in [0.15, 0.2) is 85.5 Å². The maximum absolute atomic E-state index is 11.8. The molecule has 0 bridgehead atoms. The summed E-state index contributed by atoms with van der Waals surface area (Å²) in [7, 11) is 0. The molecular formula is C32H37NO6S. The highest BCUT2D eigenvalue weighted by atomic mass is 32.2. The Kier molecular flexibility index (Phi) is 11.2. The van der Waals surface area contributed by atoms with Gasteiger partial charge in [0.2, 0.25) is 0 Å². The highest BCUT2D eigenvalue weighted by Crippen LogP contribution is 2.42. The molecule has 3 aromatic carbocycles. The van der Waals surface area contributed by atoms with Crippen LogP contribution in [0.2, 0.25) is 0 Å². The highest BCUT2D eigenvalue weighted by molar-refractivity contribution is 7.99. The first kappa shape index (κ1) is 29.8. The quantitative estimate of drug-likeness (QED) is 0.190. The monoisotopic (exact) mass is 563 g/mol. The summed E-state index contributed by atoms with van der Waals surface area (Å²) in [6.45, 7) is 6.34. The van der Waals surface area contributed by atoms with Gasteiger partial charge in [-0.05, 0) is 33.9 Å². The van der Waals surface area contributed by atoms with Gasteiger partial charge in [-0.15, -0.1) is 0 Å². The molecular weight excluding hydrogens is 526 g/mol. The van der Waals surface area contributed by atoms with Gasteiger partial charge >= 0.3 is 6.09 Å². The Hall–Kier alpha value is -3.14. The molecule has 1 amide bonds. The van der Waals surface area contributed by atoms with Crippen LogP contribution in [0, 0.1) is 5.92 Å². The molecule has 8 heteroatoms. The van der Waals surface area contributed by atoms with Crippen molar-refractivity contribution in [2.24, 2.45) is 5.92 Å². The lowest BCUT2D eigenvalue weighted by Gasteiger charge is -2.41. The fraction of sp³-hybridized carbons (Fsp3) is 0.344. The molecule has 40 heavy (non-hydrogen) atoms. The van der Waals surface area contributed by atoms with Gasteiger partial charge in [-0.3, -0.25) is 0 Å². The molecule has 0 aromatic heterocycles. The number of carbonyl (C=O) groups excluding carboxylic acids is 1. The molecule has 3 aromatic rings. The zero-order chi connectivity index (χ0) is 28.3. The fourth-order valence-electron chi connectivity index (χ4n) is 4.63. The van der Waals surface area contributed by atoms with Crippen LogP contribution in [0.1, 0.15) is 41.6 Å². The molecule has 0 aliphatic carbocycles. The minimum absolute atomic E-state index is 0.00155. The Bertz CT molecular complexity index is 1230. The Morgan fingerprint density at radius 3 is 2.45 bits per heavy atom. The summed E-state index contributed by atoms with van der Waals surface area (Å²) in [5.74, 6) is 1.52. The Balaban J connectivity index is 1.49. The number of carbonyl (C=O) groups is 1. The van der Waals surface area contributed by atoms with E-state index in [-0.39, 0.29) is 37.9 Å². The number of alkyl carbamates (subject to hydrolysis) is 1. The van der Waals surface area contributed by atoms with E-state index in [1.54, 1.807) is 11.8 Å². The molecule has 4 unspecified atom stereocenters. The van der Waals surface area contributed by atoms with Gasteiger partial charge in [0.05, 0.1) is 25.4 Å². The second-order valence-corrected chi connectivity index (χ2v) is 10.8. The fourth-order valence-corrected chi connectivity index (χ4v) is 5.54. The van der Waals surface area contributed by atoms with E-state index >= 15 is 0 Å². The topological polar surface area (TPSA) is 97.3 Å². The van der Waals surface area contributed by atoms with E-state index in [0.29, 0.717) is 12.3 Å². The number of aliphatic hydroxyl groups excluding tert-OH is 2. The first-order valence-corrected chi connectivity index (χ1v) is 14.6. The Morgan fingerprint density at radius 1 is 1.00 bits per heavy atom. The first-order chi connectivity index (χ1) is 19.5. The predicted molar refractivity (Wildman–Crippen MR) is 158 cm³/mol. The van der Waals surface area contributed by atoms with Crippen LogP contribution in [-0.2, 0) is 27.4 Å². The average molecular weight is 564 g/mol. The van der Waals surface area contributed by atoms with Crippen LogP contribution in [0.3, 0.4) is 0 Å². The summed E-state index contributed by atoms with van der Waals surface area (Å²) in [4.78, 5) is 11.8. The molecule has 4 atom stereocenters. The highest BCUT2D eigenvalue weighted by Gasteiger charge is 2.38. The molecule has 1 fully saturated rings. The minimum atomic E-state index is -0.537. The summed E-state index contributed by atoms with van der Waals surface area (Å²) in [6, 6.07) is 24.0. The van der Waals surface area contributed by atoms with Crippen LogP contribution in [0.25, 0.3) is 11.1 Å². The number of nitrogens with one attached hydrogen (secondary N) is 1. The number of rotatable bonds is 12. The van der Waals surface area contributed by atoms with Crippen molar-refractivity contribution in [2.45, 2.75) is 38.6 Å². The lowest BCUT2D eigenvalue weighted by Crippen LogP contribution is -2.38. The third kappa shape index (κ3) is 7.96. The van der Waals surface area contributed by atoms with Crippen molar-refractivity contribution in [3.63, 3.8) is 0 Å². The number of hydrogen-bond donors (Lipinski definition) is 3. The van der Waals surface area contributed by atoms with Gasteiger partial charge in [0.25, 0.3) is 0 Å². The van der Waals surface area contributed by atoms with Crippen LogP contribution in [0.4, 0.5) is 4.79 Å². The second kappa shape index (κ2) is 15.0. The van der Waals surface area contributed by atoms with Gasteiger partial charge < -0.3 is 29.7 Å². The Labute approximate surface area is 240 Å². The molecule has 3 N–H and O–H groups in total. The number of aliphatic hydroxyl groups is 2. The number of benzene rings is 3. The molecule has 4 rings (SSSR count). The number of hydrogen-bond acceptors (Lipinski definition) is 7.